The molecule has 0 bridgehead atoms. The molecule has 0 amide bonds. The van der Waals surface area contributed by atoms with Crippen molar-refractivity contribution in [2.75, 3.05) is 6.54 Å². The van der Waals surface area contributed by atoms with Crippen molar-refractivity contribution in [2.45, 2.75) is 323 Å². The van der Waals surface area contributed by atoms with Crippen LogP contribution >= 0.6 is 45.3 Å². The molecule has 3 N–H and O–H groups in total. The van der Waals surface area contributed by atoms with E-state index in [-0.39, 0.29) is 27.1 Å². The number of allylic oxidation sites excluding steroid dienone is 1. The molecule has 0 aliphatic carbocycles. The Hall–Kier alpha value is -10.3. The van der Waals surface area contributed by atoms with E-state index in [4.69, 9.17) is 4.42 Å². The van der Waals surface area contributed by atoms with Gasteiger partial charge in [0.15, 0.2) is 17.2 Å². The third-order valence-corrected chi connectivity index (χ3v) is 17.2. The SMILES string of the molecule is C1=CCN=C1.CC(C)(C)C.CC(C)(C)C.CC(C)(C)C.CC(C)(C)C.CC(C)(C)C.CC(C)(C)C.CC(C)(C)c1ccccc1.CC(C)(C)c1cnccn1.CC(C)(C)c1nc2cccnc2s1.CC(C)(C)c1ncco1.CC(C)(C)c1nccs1.CC(C)(C)c1nncs1.c1c[nH]cn1.c1ccncc1.c1cnc2scnc2c1.c1ncc2cn[nH]c2n1.c1ncc2cn[nH]c2n1. The lowest BCUT2D eigenvalue weighted by atomic mass is 9.87. The van der Waals surface area contributed by atoms with Crippen LogP contribution in [0.15, 0.2) is 229 Å². The molecular formula is C106H168N22OS4. The number of hydrogen-bond donors (Lipinski definition) is 3. The van der Waals surface area contributed by atoms with E-state index in [9.17, 15) is 0 Å². The zero-order valence-corrected chi connectivity index (χ0v) is 92.4. The minimum Gasteiger partial charge on any atom is -0.448 e. The average molecular weight is 1890 g/mol. The van der Waals surface area contributed by atoms with E-state index in [0.29, 0.717) is 37.9 Å². The molecule has 0 saturated carbocycles. The number of pyridine rings is 3. The Balaban J connectivity index is 0. The number of oxazole rings is 1. The monoisotopic (exact) mass is 1890 g/mol. The maximum atomic E-state index is 5.09. The predicted octanol–water partition coefficient (Wildman–Crippen LogP) is 30.8. The Morgan fingerprint density at radius 2 is 0.835 bits per heavy atom. The molecule has 133 heavy (non-hydrogen) atoms. The van der Waals surface area contributed by atoms with Gasteiger partial charge in [-0.2, -0.15) is 10.2 Å². The first-order valence-corrected chi connectivity index (χ1v) is 48.3. The van der Waals surface area contributed by atoms with E-state index in [2.05, 4.69) is 431 Å². The summed E-state index contributed by atoms with van der Waals surface area (Å²) >= 11 is 6.57. The third kappa shape index (κ3) is 78.8. The number of aromatic amines is 3. The highest BCUT2D eigenvalue weighted by atomic mass is 32.1. The lowest BCUT2D eigenvalue weighted by molar-refractivity contribution is 0.392. The fourth-order valence-electron chi connectivity index (χ4n) is 7.32. The van der Waals surface area contributed by atoms with Gasteiger partial charge in [-0.1, -0.05) is 345 Å². The van der Waals surface area contributed by atoms with Gasteiger partial charge in [0.05, 0.1) is 64.0 Å². The van der Waals surface area contributed by atoms with Crippen molar-refractivity contribution < 1.29 is 4.42 Å². The molecule has 16 rings (SSSR count). The molecule has 1 aliphatic rings. The van der Waals surface area contributed by atoms with Crippen molar-refractivity contribution in [3.63, 3.8) is 0 Å². The summed E-state index contributed by atoms with van der Waals surface area (Å²) in [5.41, 5.74) is 13.6. The van der Waals surface area contributed by atoms with Gasteiger partial charge in [0.1, 0.15) is 49.6 Å². The Morgan fingerprint density at radius 3 is 1.11 bits per heavy atom. The average Bonchev–Trinajstić information content (AvgIpc) is 1.73. The van der Waals surface area contributed by atoms with Crippen LogP contribution in [-0.2, 0) is 32.5 Å². The van der Waals surface area contributed by atoms with Crippen LogP contribution in [0.1, 0.15) is 323 Å². The lowest BCUT2D eigenvalue weighted by Gasteiger charge is -2.18. The minimum atomic E-state index is 0.0451. The fourth-order valence-corrected chi connectivity index (χ4v) is 10.3. The van der Waals surface area contributed by atoms with E-state index in [1.807, 2.05) is 72.4 Å². The number of nitrogens with zero attached hydrogens (tertiary/aromatic N) is 19. The van der Waals surface area contributed by atoms with Crippen molar-refractivity contribution in [1.29, 1.82) is 0 Å². The van der Waals surface area contributed by atoms with Crippen molar-refractivity contribution in [3.8, 4) is 0 Å². The van der Waals surface area contributed by atoms with E-state index in [1.165, 1.54) is 23.2 Å². The molecule has 27 heteroatoms. The first kappa shape index (κ1) is 125. The molecule has 732 valence electrons. The molecule has 0 spiro atoms. The van der Waals surface area contributed by atoms with Crippen LogP contribution < -0.4 is 0 Å². The molecule has 14 aromatic heterocycles. The number of H-pyrrole nitrogens is 3. The van der Waals surface area contributed by atoms with Gasteiger partial charge in [0, 0.05) is 113 Å². The molecule has 0 unspecified atom stereocenters. The molecule has 1 aliphatic heterocycles. The number of imidazole rings is 1. The molecule has 1 aromatic carbocycles. The fraction of sp³-hybridized carbons (Fsp3) is 0.519. The summed E-state index contributed by atoms with van der Waals surface area (Å²) < 4.78 is 5.09. The first-order valence-electron chi connectivity index (χ1n) is 44.9. The largest absolute Gasteiger partial charge is 0.448 e. The van der Waals surface area contributed by atoms with Crippen LogP contribution in [0, 0.1) is 32.5 Å². The van der Waals surface area contributed by atoms with E-state index >= 15 is 0 Å². The number of rotatable bonds is 0. The molecule has 15 heterocycles. The molecular weight excluding hydrogens is 1730 g/mol. The summed E-state index contributed by atoms with van der Waals surface area (Å²) in [5, 5.41) is 28.1. The van der Waals surface area contributed by atoms with E-state index < -0.39 is 0 Å². The summed E-state index contributed by atoms with van der Waals surface area (Å²) in [7, 11) is 0. The van der Waals surface area contributed by atoms with Crippen molar-refractivity contribution >= 4 is 94.3 Å². The van der Waals surface area contributed by atoms with Gasteiger partial charge in [-0.25, -0.2) is 54.8 Å². The van der Waals surface area contributed by atoms with Crippen molar-refractivity contribution in [3.05, 3.63) is 252 Å². The van der Waals surface area contributed by atoms with Crippen molar-refractivity contribution in [1.82, 2.24) is 105 Å². The Labute approximate surface area is 817 Å². The van der Waals surface area contributed by atoms with Crippen LogP contribution in [0.5, 0.6) is 0 Å². The normalized spacial score (nSPS) is 11.4. The summed E-state index contributed by atoms with van der Waals surface area (Å²) in [6.45, 7) is 92.1. The van der Waals surface area contributed by atoms with Gasteiger partial charge in [0.25, 0.3) is 0 Å². The minimum absolute atomic E-state index is 0.0451. The second-order valence-electron chi connectivity index (χ2n) is 46.0. The van der Waals surface area contributed by atoms with Gasteiger partial charge in [-0.05, 0) is 85.9 Å². The first-order chi connectivity index (χ1) is 61.0. The number of benzene rings is 1. The highest BCUT2D eigenvalue weighted by molar-refractivity contribution is 7.18. The molecule has 0 saturated heterocycles. The number of nitrogens with one attached hydrogen (secondary N) is 3. The van der Waals surface area contributed by atoms with Gasteiger partial charge < -0.3 is 9.40 Å². The third-order valence-electron chi connectivity index (χ3n) is 12.8. The Bertz CT molecular complexity index is 4650. The number of aliphatic imine (C=N–C) groups is 1. The van der Waals surface area contributed by atoms with Crippen LogP contribution in [-0.4, -0.2) is 118 Å². The summed E-state index contributed by atoms with van der Waals surface area (Å²) in [6, 6.07) is 24.0. The molecule has 23 nitrogen and oxygen atoms in total. The van der Waals surface area contributed by atoms with Crippen LogP contribution in [0.25, 0.3) is 42.8 Å². The number of fused-ring (bicyclic) bond motifs is 4. The maximum absolute atomic E-state index is 5.09. The standard InChI is InChI=1S/C10H12N2S.C10H14.C8H12N2.C7H11NO.C7H11NS.C6H4N2S.C6H10N2S.2C5H4N4.C5H5N.6C5H12.C4H5N.C3H4N2/c1-10(2,3)9-12-7-5-4-6-11-8(7)13-9;1-10(2,3)9-7-5-4-6-8-9;1-8(2,3)7-6-9-4-5-10-7;2*1-7(2,3)6-8-4-5-9-6;1-2-5-6(7-3-1)9-4-8-5;1-6(2,3)5-8-7-4-9-5;2*1-4-2-8-9-5(4)7-3-6-1;1-2-4-6-5-3-1;6*1-5(2,3)4;1-2-4-5-3-1;1-2-5-3-4-1/h4-6H,1-3H3;4-8H,1-3H3;4-6H,1-3H3;2*4-5H,1-3H3;1-4H;4H,1-3H3;2*1-3H,(H,6,7,8,9);1-5H;6*1-4H3;1-3H,4H2;1-3H,(H,4,5). The molecule has 0 fully saturated rings. The highest BCUT2D eigenvalue weighted by Gasteiger charge is 2.21. The van der Waals surface area contributed by atoms with Gasteiger partial charge in [-0.15, -0.1) is 44.2 Å². The van der Waals surface area contributed by atoms with E-state index in [1.54, 1.807) is 156 Å². The zero-order chi connectivity index (χ0) is 102. The van der Waals surface area contributed by atoms with Crippen molar-refractivity contribution in [2.24, 2.45) is 37.5 Å². The predicted molar refractivity (Wildman–Crippen MR) is 573 cm³/mol. The van der Waals surface area contributed by atoms with Gasteiger partial charge in [0.2, 0.25) is 0 Å². The molecule has 0 atom stereocenters. The van der Waals surface area contributed by atoms with Gasteiger partial charge >= 0.3 is 0 Å². The highest BCUT2D eigenvalue weighted by Crippen LogP contribution is 2.30. The number of aromatic nitrogens is 21. The summed E-state index contributed by atoms with van der Waals surface area (Å²) in [5.74, 6) is 0.794. The Morgan fingerprint density at radius 1 is 0.346 bits per heavy atom. The summed E-state index contributed by atoms with van der Waals surface area (Å²) in [6.07, 6.45) is 38.1. The number of hydrogen-bond acceptors (Lipinski definition) is 24. The van der Waals surface area contributed by atoms with Crippen LogP contribution in [0.3, 0.4) is 0 Å². The quantitative estimate of drug-likeness (QED) is 0.127. The number of thiazole rings is 3. The molecule has 15 aromatic rings. The second-order valence-corrected chi connectivity index (χ2v) is 49.6. The van der Waals surface area contributed by atoms with Crippen LogP contribution in [0.4, 0.5) is 0 Å². The van der Waals surface area contributed by atoms with Gasteiger partial charge in [-0.3, -0.25) is 30.1 Å². The zero-order valence-electron chi connectivity index (χ0n) is 89.1. The maximum Gasteiger partial charge on any atom is 0.199 e. The van der Waals surface area contributed by atoms with E-state index in [0.717, 1.165) is 70.9 Å². The summed E-state index contributed by atoms with van der Waals surface area (Å²) in [4.78, 5) is 64.9. The topological polar surface area (TPSA) is 305 Å². The Kier molecular flexibility index (Phi) is 58.4. The second kappa shape index (κ2) is 62.3. The molecule has 0 radical (unpaired) electrons. The smallest absolute Gasteiger partial charge is 0.199 e. The lowest BCUT2D eigenvalue weighted by Crippen LogP contribution is -2.13. The van der Waals surface area contributed by atoms with Crippen LogP contribution in [0.2, 0.25) is 0 Å².